The molecular formula is C31H33N5O4S. The lowest BCUT2D eigenvalue weighted by molar-refractivity contribution is -0.131. The van der Waals surface area contributed by atoms with Crippen LogP contribution in [0.5, 0.6) is 11.5 Å². The Balaban J connectivity index is 1.51. The van der Waals surface area contributed by atoms with Crippen molar-refractivity contribution in [1.29, 1.82) is 0 Å². The number of benzene rings is 3. The number of thioether (sulfide) groups is 1. The van der Waals surface area contributed by atoms with Gasteiger partial charge in [-0.25, -0.2) is 5.43 Å². The molecule has 0 saturated heterocycles. The van der Waals surface area contributed by atoms with Gasteiger partial charge in [-0.3, -0.25) is 14.2 Å². The molecule has 10 heteroatoms. The van der Waals surface area contributed by atoms with Gasteiger partial charge in [0.2, 0.25) is 0 Å². The zero-order chi connectivity index (χ0) is 29.6. The van der Waals surface area contributed by atoms with Gasteiger partial charge in [0.15, 0.2) is 11.0 Å². The number of hydrogen-bond donors (Lipinski definition) is 1. The van der Waals surface area contributed by atoms with Gasteiger partial charge in [0, 0.05) is 18.2 Å². The summed E-state index contributed by atoms with van der Waals surface area (Å²) in [6.07, 6.45) is 0. The van der Waals surface area contributed by atoms with Crippen molar-refractivity contribution in [3.8, 4) is 28.6 Å². The summed E-state index contributed by atoms with van der Waals surface area (Å²) in [7, 11) is 1.62. The molecule has 0 radical (unpaired) electrons. The number of esters is 1. The van der Waals surface area contributed by atoms with Crippen molar-refractivity contribution in [2.45, 2.75) is 45.2 Å². The Hall–Kier alpha value is -4.44. The lowest BCUT2D eigenvalue weighted by atomic mass is 9.87. The van der Waals surface area contributed by atoms with Crippen molar-refractivity contribution < 1.29 is 19.1 Å². The van der Waals surface area contributed by atoms with Gasteiger partial charge >= 0.3 is 5.97 Å². The van der Waals surface area contributed by atoms with E-state index in [1.807, 2.05) is 41.0 Å². The fourth-order valence-corrected chi connectivity index (χ4v) is 4.68. The Labute approximate surface area is 244 Å². The Morgan fingerprint density at radius 2 is 1.54 bits per heavy atom. The molecule has 3 aromatic carbocycles. The first kappa shape index (κ1) is 29.5. The van der Waals surface area contributed by atoms with E-state index in [1.165, 1.54) is 24.2 Å². The smallest absolute Gasteiger partial charge is 0.308 e. The third-order valence-corrected chi connectivity index (χ3v) is 7.12. The average Bonchev–Trinajstić information content (AvgIpc) is 3.38. The van der Waals surface area contributed by atoms with Crippen molar-refractivity contribution in [2.24, 2.45) is 5.10 Å². The van der Waals surface area contributed by atoms with E-state index in [0.29, 0.717) is 22.4 Å². The molecule has 212 valence electrons. The quantitative estimate of drug-likeness (QED) is 0.0890. The minimum atomic E-state index is -0.388. The lowest BCUT2D eigenvalue weighted by Gasteiger charge is -2.19. The van der Waals surface area contributed by atoms with Gasteiger partial charge in [0.1, 0.15) is 11.5 Å². The number of nitrogens with one attached hydrogen (secondary N) is 1. The molecule has 1 aromatic heterocycles. The lowest BCUT2D eigenvalue weighted by Crippen LogP contribution is -2.21. The van der Waals surface area contributed by atoms with Crippen LogP contribution in [-0.4, -0.2) is 45.2 Å². The van der Waals surface area contributed by atoms with E-state index in [0.717, 1.165) is 22.6 Å². The number of amides is 1. The van der Waals surface area contributed by atoms with Gasteiger partial charge in [0.05, 0.1) is 18.6 Å². The maximum absolute atomic E-state index is 12.7. The summed E-state index contributed by atoms with van der Waals surface area (Å²) < 4.78 is 12.3. The van der Waals surface area contributed by atoms with Gasteiger partial charge in [-0.15, -0.1) is 10.2 Å². The average molecular weight is 572 g/mol. The van der Waals surface area contributed by atoms with Crippen molar-refractivity contribution in [3.05, 3.63) is 83.9 Å². The number of aromatic nitrogens is 3. The fourth-order valence-electron chi connectivity index (χ4n) is 3.94. The topological polar surface area (TPSA) is 108 Å². The number of hydrazone groups is 1. The minimum Gasteiger partial charge on any atom is -0.497 e. The predicted molar refractivity (Wildman–Crippen MR) is 161 cm³/mol. The third-order valence-electron chi connectivity index (χ3n) is 6.19. The highest BCUT2D eigenvalue weighted by Crippen LogP contribution is 2.30. The maximum atomic E-state index is 12.7. The number of carbonyl (C=O) groups is 2. The highest BCUT2D eigenvalue weighted by molar-refractivity contribution is 7.99. The molecule has 0 aliphatic rings. The fraction of sp³-hybridized carbons (Fsp3) is 0.258. The zero-order valence-corrected chi connectivity index (χ0v) is 24.8. The van der Waals surface area contributed by atoms with Crippen LogP contribution in [0.25, 0.3) is 17.1 Å². The minimum absolute atomic E-state index is 0.0325. The molecule has 0 aliphatic carbocycles. The number of carbonyl (C=O) groups excluding carboxylic acids is 2. The van der Waals surface area contributed by atoms with Gasteiger partial charge < -0.3 is 9.47 Å². The van der Waals surface area contributed by atoms with Crippen LogP contribution in [0.1, 0.15) is 45.7 Å². The number of ether oxygens (including phenoxy) is 2. The van der Waals surface area contributed by atoms with Gasteiger partial charge in [-0.2, -0.15) is 5.10 Å². The van der Waals surface area contributed by atoms with Gasteiger partial charge in [-0.1, -0.05) is 56.8 Å². The largest absolute Gasteiger partial charge is 0.497 e. The molecule has 9 nitrogen and oxygen atoms in total. The van der Waals surface area contributed by atoms with Gasteiger partial charge in [0.25, 0.3) is 5.91 Å². The van der Waals surface area contributed by atoms with E-state index in [1.54, 1.807) is 38.3 Å². The molecule has 0 saturated carbocycles. The molecule has 0 fully saturated rings. The molecule has 0 bridgehead atoms. The molecule has 1 N–H and O–H groups in total. The zero-order valence-electron chi connectivity index (χ0n) is 24.0. The van der Waals surface area contributed by atoms with E-state index in [9.17, 15) is 9.59 Å². The number of hydrogen-bond acceptors (Lipinski definition) is 8. The van der Waals surface area contributed by atoms with E-state index < -0.39 is 0 Å². The second-order valence-corrected chi connectivity index (χ2v) is 11.2. The molecule has 0 unspecified atom stereocenters. The summed E-state index contributed by atoms with van der Waals surface area (Å²) in [5.41, 5.74) is 7.01. The molecule has 1 heterocycles. The first-order chi connectivity index (χ1) is 19.5. The van der Waals surface area contributed by atoms with Crippen LogP contribution in [0, 0.1) is 0 Å². The molecule has 0 atom stereocenters. The number of methoxy groups -OCH3 is 1. The van der Waals surface area contributed by atoms with Crippen LogP contribution in [0.4, 0.5) is 0 Å². The Morgan fingerprint density at radius 3 is 2.12 bits per heavy atom. The standard InChI is InChI=1S/C31H33N5O4S/c1-20(22-9-15-27(16-10-22)40-21(2)37)32-33-28(38)19-41-30-35-34-29(23-7-11-24(12-8-23)31(3,4)5)36(30)25-13-17-26(39-6)18-14-25/h7-18H,19H2,1-6H3,(H,33,38). The van der Waals surface area contributed by atoms with Crippen molar-refractivity contribution in [2.75, 3.05) is 12.9 Å². The van der Waals surface area contributed by atoms with E-state index in [-0.39, 0.29) is 23.0 Å². The molecule has 1 amide bonds. The summed E-state index contributed by atoms with van der Waals surface area (Å²) >= 11 is 1.27. The monoisotopic (exact) mass is 571 g/mol. The summed E-state index contributed by atoms with van der Waals surface area (Å²) in [4.78, 5) is 23.8. The number of nitrogens with zero attached hydrogens (tertiary/aromatic N) is 4. The predicted octanol–water partition coefficient (Wildman–Crippen LogP) is 5.80. The molecule has 41 heavy (non-hydrogen) atoms. The first-order valence-corrected chi connectivity index (χ1v) is 14.0. The Kier molecular flexibility index (Phi) is 9.24. The van der Waals surface area contributed by atoms with Crippen LogP contribution in [0.2, 0.25) is 0 Å². The van der Waals surface area contributed by atoms with Crippen molar-refractivity contribution in [1.82, 2.24) is 20.2 Å². The van der Waals surface area contributed by atoms with E-state index in [4.69, 9.17) is 9.47 Å². The maximum Gasteiger partial charge on any atom is 0.308 e. The van der Waals surface area contributed by atoms with Crippen LogP contribution in [-0.2, 0) is 15.0 Å². The normalized spacial score (nSPS) is 11.7. The van der Waals surface area contributed by atoms with Crippen LogP contribution in [0.15, 0.2) is 83.1 Å². The summed E-state index contributed by atoms with van der Waals surface area (Å²) in [5, 5.41) is 13.7. The first-order valence-electron chi connectivity index (χ1n) is 13.0. The van der Waals surface area contributed by atoms with Crippen molar-refractivity contribution in [3.63, 3.8) is 0 Å². The highest BCUT2D eigenvalue weighted by Gasteiger charge is 2.19. The Bertz CT molecular complexity index is 1540. The summed E-state index contributed by atoms with van der Waals surface area (Å²) in [5.74, 6) is 1.26. The SMILES string of the molecule is COc1ccc(-n2c(SCC(=O)NN=C(C)c3ccc(OC(C)=O)cc3)nnc2-c2ccc(C(C)(C)C)cc2)cc1. The molecule has 4 aromatic rings. The third kappa shape index (κ3) is 7.61. The van der Waals surface area contributed by atoms with Crippen LogP contribution >= 0.6 is 11.8 Å². The van der Waals surface area contributed by atoms with Crippen molar-refractivity contribution >= 4 is 29.4 Å². The number of rotatable bonds is 9. The second kappa shape index (κ2) is 12.8. The van der Waals surface area contributed by atoms with Crippen LogP contribution < -0.4 is 14.9 Å². The van der Waals surface area contributed by atoms with E-state index >= 15 is 0 Å². The van der Waals surface area contributed by atoms with Gasteiger partial charge in [-0.05, 0) is 72.0 Å². The van der Waals surface area contributed by atoms with Crippen LogP contribution in [0.3, 0.4) is 0 Å². The molecule has 4 rings (SSSR count). The summed E-state index contributed by atoms with van der Waals surface area (Å²) in [6.45, 7) is 9.65. The Morgan fingerprint density at radius 1 is 0.902 bits per heavy atom. The summed E-state index contributed by atoms with van der Waals surface area (Å²) in [6, 6.07) is 22.8. The molecular weight excluding hydrogens is 538 g/mol. The van der Waals surface area contributed by atoms with E-state index in [2.05, 4.69) is 53.6 Å². The second-order valence-electron chi connectivity index (χ2n) is 10.3. The highest BCUT2D eigenvalue weighted by atomic mass is 32.2. The molecule has 0 aliphatic heterocycles. The molecule has 0 spiro atoms.